The average molecular weight is 212 g/mol. The second kappa shape index (κ2) is 5.40. The molecule has 0 heterocycles. The summed E-state index contributed by atoms with van der Waals surface area (Å²) < 4.78 is 0. The summed E-state index contributed by atoms with van der Waals surface area (Å²) in [6.07, 6.45) is 4.15. The second-order valence-electron chi connectivity index (χ2n) is 2.72. The minimum atomic E-state index is -0.371. The maximum absolute atomic E-state index is 10.6. The zero-order valence-electron chi connectivity index (χ0n) is 7.52. The van der Waals surface area contributed by atoms with E-state index in [0.717, 1.165) is 0 Å². The fourth-order valence-corrected chi connectivity index (χ4v) is 1.26. The van der Waals surface area contributed by atoms with Crippen LogP contribution in [0.5, 0.6) is 0 Å². The highest BCUT2D eigenvalue weighted by molar-refractivity contribution is 6.18. The molecule has 0 saturated heterocycles. The van der Waals surface area contributed by atoms with Gasteiger partial charge in [0, 0.05) is 17.5 Å². The molecule has 1 rings (SSSR count). The van der Waals surface area contributed by atoms with Gasteiger partial charge in [0.05, 0.1) is 4.92 Å². The molecule has 0 amide bonds. The Hall–Kier alpha value is -1.35. The Bertz CT molecular complexity index is 350. The Kier molecular flexibility index (Phi) is 4.13. The number of benzene rings is 1. The van der Waals surface area contributed by atoms with Crippen molar-refractivity contribution in [2.24, 2.45) is 0 Å². The fraction of sp³-hybridized carbons (Fsp3) is 0.200. The molecule has 0 bridgehead atoms. The highest BCUT2D eigenvalue weighted by atomic mass is 35.5. The second-order valence-corrected chi connectivity index (χ2v) is 3.02. The smallest absolute Gasteiger partial charge is 0.258 e. The van der Waals surface area contributed by atoms with Crippen LogP contribution in [0, 0.1) is 10.1 Å². The van der Waals surface area contributed by atoms with Gasteiger partial charge in [-0.15, -0.1) is 11.6 Å². The van der Waals surface area contributed by atoms with E-state index in [1.54, 1.807) is 24.3 Å². The summed E-state index contributed by atoms with van der Waals surface area (Å²) in [7, 11) is 0. The lowest BCUT2D eigenvalue weighted by Crippen LogP contribution is -1.93. The van der Waals surface area contributed by atoms with Crippen LogP contribution < -0.4 is 0 Å². The van der Waals surface area contributed by atoms with Crippen molar-refractivity contribution in [1.29, 1.82) is 0 Å². The average Bonchev–Trinajstić information content (AvgIpc) is 2.19. The number of halogens is 1. The monoisotopic (exact) mass is 211 g/mol. The summed E-state index contributed by atoms with van der Waals surface area (Å²) in [5.41, 5.74) is 0.866. The van der Waals surface area contributed by atoms with Gasteiger partial charge in [-0.1, -0.05) is 30.4 Å². The van der Waals surface area contributed by atoms with Crippen molar-refractivity contribution < 1.29 is 4.92 Å². The molecule has 0 aliphatic carbocycles. The normalized spacial score (nSPS) is 10.6. The fourth-order valence-electron chi connectivity index (χ4n) is 1.13. The van der Waals surface area contributed by atoms with Crippen LogP contribution in [0.1, 0.15) is 5.56 Å². The van der Waals surface area contributed by atoms with Crippen molar-refractivity contribution in [1.82, 2.24) is 0 Å². The van der Waals surface area contributed by atoms with E-state index >= 15 is 0 Å². The number of rotatable bonds is 4. The number of allylic oxidation sites excluding steroid dienone is 2. The molecule has 14 heavy (non-hydrogen) atoms. The van der Waals surface area contributed by atoms with Gasteiger partial charge in [-0.3, -0.25) is 10.1 Å². The molecule has 0 fully saturated rings. The molecule has 0 unspecified atom stereocenters. The Morgan fingerprint density at radius 1 is 1.36 bits per heavy atom. The molecule has 1 aromatic carbocycles. The third-order valence-corrected chi connectivity index (χ3v) is 1.96. The van der Waals surface area contributed by atoms with E-state index in [1.807, 2.05) is 6.08 Å². The quantitative estimate of drug-likeness (QED) is 0.333. The number of alkyl halides is 1. The Morgan fingerprint density at radius 3 is 2.71 bits per heavy atom. The summed E-state index contributed by atoms with van der Waals surface area (Å²) >= 11 is 5.45. The molecule has 0 aliphatic heterocycles. The first kappa shape index (κ1) is 10.7. The molecule has 3 nitrogen and oxygen atoms in total. The van der Waals surface area contributed by atoms with Gasteiger partial charge < -0.3 is 0 Å². The van der Waals surface area contributed by atoms with Crippen LogP contribution in [0.2, 0.25) is 0 Å². The van der Waals surface area contributed by atoms with Crippen LogP contribution in [0.25, 0.3) is 0 Å². The molecular weight excluding hydrogens is 202 g/mol. The van der Waals surface area contributed by atoms with Crippen molar-refractivity contribution in [3.05, 3.63) is 52.1 Å². The largest absolute Gasteiger partial charge is 0.272 e. The number of hydrogen-bond donors (Lipinski definition) is 0. The van der Waals surface area contributed by atoms with Crippen molar-refractivity contribution in [2.75, 3.05) is 5.88 Å². The van der Waals surface area contributed by atoms with Crippen LogP contribution in [0.15, 0.2) is 36.4 Å². The number of nitro benzene ring substituents is 1. The number of para-hydroxylation sites is 1. The summed E-state index contributed by atoms with van der Waals surface area (Å²) in [6.45, 7) is 0. The van der Waals surface area contributed by atoms with Crippen LogP contribution in [0.4, 0.5) is 5.69 Å². The van der Waals surface area contributed by atoms with E-state index in [2.05, 4.69) is 0 Å². The van der Waals surface area contributed by atoms with Gasteiger partial charge in [-0.25, -0.2) is 0 Å². The molecule has 74 valence electrons. The molecule has 0 radical (unpaired) electrons. The molecule has 0 aliphatic rings. The third kappa shape index (κ3) is 2.85. The molecule has 0 saturated carbocycles. The maximum atomic E-state index is 10.6. The first-order valence-corrected chi connectivity index (χ1v) is 4.72. The van der Waals surface area contributed by atoms with Crippen molar-refractivity contribution in [3.63, 3.8) is 0 Å². The van der Waals surface area contributed by atoms with E-state index in [1.165, 1.54) is 6.07 Å². The van der Waals surface area contributed by atoms with Gasteiger partial charge in [0.2, 0.25) is 0 Å². The highest BCUT2D eigenvalue weighted by Crippen LogP contribution is 2.18. The van der Waals surface area contributed by atoms with E-state index in [4.69, 9.17) is 11.6 Å². The molecule has 4 heteroatoms. The highest BCUT2D eigenvalue weighted by Gasteiger charge is 2.09. The molecule has 0 aromatic heterocycles. The number of hydrogen-bond acceptors (Lipinski definition) is 2. The van der Waals surface area contributed by atoms with Crippen molar-refractivity contribution >= 4 is 17.3 Å². The Balaban J connectivity index is 2.84. The SMILES string of the molecule is O=[N+]([O-])c1ccccc1CC=CCCl. The minimum absolute atomic E-state index is 0.159. The lowest BCUT2D eigenvalue weighted by Gasteiger charge is -1.97. The van der Waals surface area contributed by atoms with E-state index in [-0.39, 0.29) is 10.6 Å². The maximum Gasteiger partial charge on any atom is 0.272 e. The van der Waals surface area contributed by atoms with Crippen molar-refractivity contribution in [3.8, 4) is 0 Å². The Labute approximate surface area is 87.2 Å². The topological polar surface area (TPSA) is 43.1 Å². The van der Waals surface area contributed by atoms with E-state index < -0.39 is 0 Å². The van der Waals surface area contributed by atoms with E-state index in [0.29, 0.717) is 17.9 Å². The molecule has 0 atom stereocenters. The predicted molar refractivity (Wildman–Crippen MR) is 56.7 cm³/mol. The lowest BCUT2D eigenvalue weighted by atomic mass is 10.1. The summed E-state index contributed by atoms with van der Waals surface area (Å²) in [6, 6.07) is 6.70. The van der Waals surface area contributed by atoms with Crippen LogP contribution >= 0.6 is 11.6 Å². The molecule has 1 aromatic rings. The van der Waals surface area contributed by atoms with Gasteiger partial charge in [0.1, 0.15) is 0 Å². The van der Waals surface area contributed by atoms with Gasteiger partial charge in [0.15, 0.2) is 0 Å². The predicted octanol–water partition coefficient (Wildman–Crippen LogP) is 2.93. The van der Waals surface area contributed by atoms with E-state index in [9.17, 15) is 10.1 Å². The summed E-state index contributed by atoms with van der Waals surface area (Å²) in [5.74, 6) is 0.431. The number of nitro groups is 1. The molecular formula is C10H10ClNO2. The van der Waals surface area contributed by atoms with Gasteiger partial charge in [-0.2, -0.15) is 0 Å². The van der Waals surface area contributed by atoms with Crippen molar-refractivity contribution in [2.45, 2.75) is 6.42 Å². The lowest BCUT2D eigenvalue weighted by molar-refractivity contribution is -0.385. The third-order valence-electron chi connectivity index (χ3n) is 1.78. The molecule has 0 N–H and O–H groups in total. The number of nitrogens with zero attached hydrogens (tertiary/aromatic N) is 1. The summed E-state index contributed by atoms with van der Waals surface area (Å²) in [4.78, 5) is 10.2. The van der Waals surface area contributed by atoms with Gasteiger partial charge in [0.25, 0.3) is 5.69 Å². The zero-order chi connectivity index (χ0) is 10.4. The molecule has 0 spiro atoms. The van der Waals surface area contributed by atoms with Crippen LogP contribution in [0.3, 0.4) is 0 Å². The minimum Gasteiger partial charge on any atom is -0.258 e. The summed E-state index contributed by atoms with van der Waals surface area (Å²) in [5, 5.41) is 10.6. The standard InChI is InChI=1S/C10H10ClNO2/c11-8-4-3-6-9-5-1-2-7-10(9)12(13)14/h1-5,7H,6,8H2. The van der Waals surface area contributed by atoms with Crippen LogP contribution in [-0.4, -0.2) is 10.8 Å². The van der Waals surface area contributed by atoms with Gasteiger partial charge >= 0.3 is 0 Å². The Morgan fingerprint density at radius 2 is 2.07 bits per heavy atom. The zero-order valence-corrected chi connectivity index (χ0v) is 8.28. The van der Waals surface area contributed by atoms with Crippen LogP contribution in [-0.2, 0) is 6.42 Å². The first-order valence-electron chi connectivity index (χ1n) is 4.19. The first-order chi connectivity index (χ1) is 6.75. The van der Waals surface area contributed by atoms with Gasteiger partial charge in [-0.05, 0) is 6.42 Å².